The first-order valence-electron chi connectivity index (χ1n) is 9.03. The quantitative estimate of drug-likeness (QED) is 0.791. The summed E-state index contributed by atoms with van der Waals surface area (Å²) in [6.45, 7) is 0.720. The number of hydrogen-bond acceptors (Lipinski definition) is 6. The average molecular weight is 357 g/mol. The highest BCUT2D eigenvalue weighted by atomic mass is 16.5. The maximum atomic E-state index is 12.9. The van der Waals surface area contributed by atoms with Crippen LogP contribution >= 0.6 is 0 Å². The van der Waals surface area contributed by atoms with Gasteiger partial charge in [-0.1, -0.05) is 11.2 Å². The Morgan fingerprint density at radius 2 is 2.04 bits per heavy atom. The van der Waals surface area contributed by atoms with E-state index >= 15 is 0 Å². The molecule has 1 amide bonds. The molecule has 1 saturated carbocycles. The van der Waals surface area contributed by atoms with Gasteiger partial charge in [-0.25, -0.2) is 0 Å². The normalized spacial score (nSPS) is 19.6. The van der Waals surface area contributed by atoms with Crippen LogP contribution in [0.2, 0.25) is 0 Å². The van der Waals surface area contributed by atoms with Crippen LogP contribution in [0.1, 0.15) is 54.9 Å². The molecule has 0 spiro atoms. The lowest BCUT2D eigenvalue weighted by Gasteiger charge is -2.22. The summed E-state index contributed by atoms with van der Waals surface area (Å²) in [6.07, 6.45) is 4.38. The zero-order valence-corrected chi connectivity index (χ0v) is 15.1. The lowest BCUT2D eigenvalue weighted by atomic mass is 10.1. The summed E-state index contributed by atoms with van der Waals surface area (Å²) in [6, 6.07) is 5.45. The van der Waals surface area contributed by atoms with Crippen molar-refractivity contribution < 1.29 is 18.8 Å². The predicted octanol–water partition coefficient (Wildman–Crippen LogP) is 2.87. The molecular weight excluding hydrogens is 334 g/mol. The monoisotopic (exact) mass is 357 g/mol. The smallest absolute Gasteiger partial charge is 0.249 e. The van der Waals surface area contributed by atoms with Gasteiger partial charge in [0.15, 0.2) is 17.3 Å². The van der Waals surface area contributed by atoms with Gasteiger partial charge in [0.05, 0.1) is 20.6 Å². The topological polar surface area (TPSA) is 77.7 Å². The van der Waals surface area contributed by atoms with Gasteiger partial charge < -0.3 is 18.9 Å². The van der Waals surface area contributed by atoms with E-state index in [1.807, 2.05) is 23.1 Å². The second-order valence-corrected chi connectivity index (χ2v) is 6.88. The van der Waals surface area contributed by atoms with E-state index in [9.17, 15) is 4.79 Å². The van der Waals surface area contributed by atoms with Crippen LogP contribution < -0.4 is 9.47 Å². The van der Waals surface area contributed by atoms with Gasteiger partial charge in [0.2, 0.25) is 11.8 Å². The first-order valence-corrected chi connectivity index (χ1v) is 9.03. The summed E-state index contributed by atoms with van der Waals surface area (Å²) < 4.78 is 16.0. The Hall–Kier alpha value is -2.57. The molecule has 0 N–H and O–H groups in total. The maximum absolute atomic E-state index is 12.9. The fourth-order valence-electron chi connectivity index (χ4n) is 3.48. The van der Waals surface area contributed by atoms with Gasteiger partial charge in [-0.3, -0.25) is 4.79 Å². The average Bonchev–Trinajstić information content (AvgIpc) is 3.19. The SMILES string of the molecule is COc1ccc(CC(=O)N2CCCC2c2nc(C3CC3)no2)cc1OC. The molecule has 0 bridgehead atoms. The molecule has 138 valence electrons. The van der Waals surface area contributed by atoms with Gasteiger partial charge in [-0.05, 0) is 43.4 Å². The summed E-state index contributed by atoms with van der Waals surface area (Å²) in [5.74, 6) is 3.16. The summed E-state index contributed by atoms with van der Waals surface area (Å²) in [4.78, 5) is 19.3. The minimum absolute atomic E-state index is 0.0610. The Labute approximate surface area is 152 Å². The van der Waals surface area contributed by atoms with Gasteiger partial charge in [0.25, 0.3) is 0 Å². The number of ether oxygens (including phenoxy) is 2. The third-order valence-corrected chi connectivity index (χ3v) is 5.06. The van der Waals surface area contributed by atoms with E-state index < -0.39 is 0 Å². The lowest BCUT2D eigenvalue weighted by Crippen LogP contribution is -2.32. The number of rotatable bonds is 6. The van der Waals surface area contributed by atoms with Crippen molar-refractivity contribution in [3.63, 3.8) is 0 Å². The van der Waals surface area contributed by atoms with E-state index in [2.05, 4.69) is 10.1 Å². The van der Waals surface area contributed by atoms with E-state index in [0.29, 0.717) is 29.7 Å². The van der Waals surface area contributed by atoms with Gasteiger partial charge in [-0.2, -0.15) is 4.98 Å². The highest BCUT2D eigenvalue weighted by Crippen LogP contribution is 2.40. The molecule has 2 aromatic rings. The van der Waals surface area contributed by atoms with E-state index in [-0.39, 0.29) is 11.9 Å². The van der Waals surface area contributed by atoms with Crippen molar-refractivity contribution in [2.24, 2.45) is 0 Å². The number of hydrogen-bond donors (Lipinski definition) is 0. The lowest BCUT2D eigenvalue weighted by molar-refractivity contribution is -0.131. The second-order valence-electron chi connectivity index (χ2n) is 6.88. The molecular formula is C19H23N3O4. The summed E-state index contributed by atoms with van der Waals surface area (Å²) in [7, 11) is 3.19. The van der Waals surface area contributed by atoms with Crippen molar-refractivity contribution >= 4 is 5.91 Å². The molecule has 0 radical (unpaired) electrons. The number of likely N-dealkylation sites (tertiary alicyclic amines) is 1. The van der Waals surface area contributed by atoms with Crippen molar-refractivity contribution in [2.75, 3.05) is 20.8 Å². The molecule has 1 atom stereocenters. The Morgan fingerprint density at radius 1 is 1.23 bits per heavy atom. The third-order valence-electron chi connectivity index (χ3n) is 5.06. The standard InChI is InChI=1S/C19H23N3O4/c1-24-15-8-5-12(10-16(15)25-2)11-17(23)22-9-3-4-14(22)19-20-18(21-26-19)13-6-7-13/h5,8,10,13-14H,3-4,6-7,9,11H2,1-2H3. The minimum atomic E-state index is -0.109. The fraction of sp³-hybridized carbons (Fsp3) is 0.526. The fourth-order valence-corrected chi connectivity index (χ4v) is 3.48. The zero-order valence-electron chi connectivity index (χ0n) is 15.1. The number of amides is 1. The Morgan fingerprint density at radius 3 is 2.77 bits per heavy atom. The molecule has 2 heterocycles. The molecule has 1 saturated heterocycles. The highest BCUT2D eigenvalue weighted by Gasteiger charge is 2.36. The molecule has 1 aliphatic carbocycles. The van der Waals surface area contributed by atoms with Crippen molar-refractivity contribution in [3.8, 4) is 11.5 Å². The van der Waals surface area contributed by atoms with Crippen LogP contribution in [0.5, 0.6) is 11.5 Å². The van der Waals surface area contributed by atoms with Crippen LogP contribution in [0.4, 0.5) is 0 Å². The van der Waals surface area contributed by atoms with Gasteiger partial charge in [-0.15, -0.1) is 0 Å². The third kappa shape index (κ3) is 3.25. The Kier molecular flexibility index (Phi) is 4.53. The molecule has 1 unspecified atom stereocenters. The van der Waals surface area contributed by atoms with Crippen molar-refractivity contribution in [2.45, 2.75) is 44.1 Å². The van der Waals surface area contributed by atoms with E-state index in [1.165, 1.54) is 0 Å². The molecule has 1 aromatic heterocycles. The molecule has 2 fully saturated rings. The first-order chi connectivity index (χ1) is 12.7. The molecule has 7 heteroatoms. The molecule has 1 aromatic carbocycles. The second kappa shape index (κ2) is 6.97. The number of carbonyl (C=O) groups excluding carboxylic acids is 1. The number of carbonyl (C=O) groups is 1. The number of methoxy groups -OCH3 is 2. The van der Waals surface area contributed by atoms with Crippen LogP contribution in [0.25, 0.3) is 0 Å². The van der Waals surface area contributed by atoms with E-state index in [4.69, 9.17) is 14.0 Å². The summed E-state index contributed by atoms with van der Waals surface area (Å²) >= 11 is 0. The van der Waals surface area contributed by atoms with Gasteiger partial charge in [0, 0.05) is 12.5 Å². The molecule has 26 heavy (non-hydrogen) atoms. The molecule has 7 nitrogen and oxygen atoms in total. The van der Waals surface area contributed by atoms with Crippen LogP contribution in [0.3, 0.4) is 0 Å². The number of nitrogens with zero attached hydrogens (tertiary/aromatic N) is 3. The van der Waals surface area contributed by atoms with E-state index in [1.54, 1.807) is 14.2 Å². The maximum Gasteiger partial charge on any atom is 0.249 e. The minimum Gasteiger partial charge on any atom is -0.493 e. The number of aromatic nitrogens is 2. The summed E-state index contributed by atoms with van der Waals surface area (Å²) in [5.41, 5.74) is 0.891. The van der Waals surface area contributed by atoms with Crippen LogP contribution in [-0.4, -0.2) is 41.7 Å². The Bertz CT molecular complexity index is 800. The van der Waals surface area contributed by atoms with Gasteiger partial charge >= 0.3 is 0 Å². The highest BCUT2D eigenvalue weighted by molar-refractivity contribution is 5.79. The van der Waals surface area contributed by atoms with Crippen molar-refractivity contribution in [1.29, 1.82) is 0 Å². The number of benzene rings is 1. The zero-order chi connectivity index (χ0) is 18.1. The van der Waals surface area contributed by atoms with Crippen LogP contribution in [-0.2, 0) is 11.2 Å². The molecule has 2 aliphatic rings. The predicted molar refractivity (Wildman–Crippen MR) is 93.2 cm³/mol. The van der Waals surface area contributed by atoms with Crippen molar-refractivity contribution in [1.82, 2.24) is 15.0 Å². The summed E-state index contributed by atoms with van der Waals surface area (Å²) in [5, 5.41) is 4.09. The van der Waals surface area contributed by atoms with Crippen molar-refractivity contribution in [3.05, 3.63) is 35.5 Å². The molecule has 4 rings (SSSR count). The first kappa shape index (κ1) is 16.9. The molecule has 1 aliphatic heterocycles. The van der Waals surface area contributed by atoms with Crippen LogP contribution in [0, 0.1) is 0 Å². The largest absolute Gasteiger partial charge is 0.493 e. The van der Waals surface area contributed by atoms with Gasteiger partial charge in [0.1, 0.15) is 6.04 Å². The van der Waals surface area contributed by atoms with Crippen LogP contribution in [0.15, 0.2) is 22.7 Å². The Balaban J connectivity index is 1.47. The van der Waals surface area contributed by atoms with E-state index in [0.717, 1.165) is 43.6 Å².